The third-order valence-corrected chi connectivity index (χ3v) is 3.67. The number of nitrogens with one attached hydrogen (secondary N) is 2. The number of anilines is 1. The Morgan fingerprint density at radius 2 is 2.04 bits per heavy atom. The standard InChI is InChI=1S/C19H23N3O2S/c1-4-9-24-16-7-6-15(18(23)11-16)12-20-22-19(25)21-17-8-5-13(2)10-14(17)3/h5-8,10-12,23H,4,9H2,1-3H3,(H2,21,22,25). The number of nitrogens with zero attached hydrogens (tertiary/aromatic N) is 1. The van der Waals surface area contributed by atoms with Crippen molar-refractivity contribution >= 4 is 29.2 Å². The van der Waals surface area contributed by atoms with Crippen molar-refractivity contribution in [2.24, 2.45) is 5.10 Å². The van der Waals surface area contributed by atoms with Crippen molar-refractivity contribution in [3.63, 3.8) is 0 Å². The largest absolute Gasteiger partial charge is 0.507 e. The normalized spacial score (nSPS) is 10.7. The molecule has 0 amide bonds. The van der Waals surface area contributed by atoms with Crippen LogP contribution >= 0.6 is 12.2 Å². The van der Waals surface area contributed by atoms with Crippen LogP contribution in [0.2, 0.25) is 0 Å². The molecule has 0 aliphatic heterocycles. The van der Waals surface area contributed by atoms with Crippen molar-refractivity contribution in [1.29, 1.82) is 0 Å². The monoisotopic (exact) mass is 357 g/mol. The van der Waals surface area contributed by atoms with E-state index in [1.54, 1.807) is 18.2 Å². The lowest BCUT2D eigenvalue weighted by atomic mass is 10.1. The van der Waals surface area contributed by atoms with E-state index in [-0.39, 0.29) is 5.75 Å². The molecule has 0 fully saturated rings. The topological polar surface area (TPSA) is 65.9 Å². The molecule has 0 aliphatic carbocycles. The van der Waals surface area contributed by atoms with Gasteiger partial charge in [-0.05, 0) is 56.2 Å². The number of phenols is 1. The minimum atomic E-state index is 0.104. The highest BCUT2D eigenvalue weighted by molar-refractivity contribution is 7.80. The molecule has 3 N–H and O–H groups in total. The second-order valence-corrected chi connectivity index (χ2v) is 6.12. The smallest absolute Gasteiger partial charge is 0.191 e. The maximum absolute atomic E-state index is 10.0. The molecule has 0 unspecified atom stereocenters. The van der Waals surface area contributed by atoms with Crippen LogP contribution < -0.4 is 15.5 Å². The maximum Gasteiger partial charge on any atom is 0.191 e. The molecule has 2 aromatic carbocycles. The number of phenolic OH excluding ortho intramolecular Hbond substituents is 1. The van der Waals surface area contributed by atoms with Gasteiger partial charge in [0.25, 0.3) is 0 Å². The lowest BCUT2D eigenvalue weighted by Crippen LogP contribution is -2.24. The van der Waals surface area contributed by atoms with Crippen LogP contribution in [0.25, 0.3) is 0 Å². The maximum atomic E-state index is 10.0. The molecule has 25 heavy (non-hydrogen) atoms. The summed E-state index contributed by atoms with van der Waals surface area (Å²) in [4.78, 5) is 0. The predicted octanol–water partition coefficient (Wildman–Crippen LogP) is 4.12. The Kier molecular flexibility index (Phi) is 6.77. The van der Waals surface area contributed by atoms with Crippen LogP contribution in [0.4, 0.5) is 5.69 Å². The van der Waals surface area contributed by atoms with Crippen molar-refractivity contribution in [2.75, 3.05) is 11.9 Å². The summed E-state index contributed by atoms with van der Waals surface area (Å²) < 4.78 is 5.47. The zero-order chi connectivity index (χ0) is 18.2. The molecular formula is C19H23N3O2S. The summed E-state index contributed by atoms with van der Waals surface area (Å²) in [5, 5.41) is 17.5. The van der Waals surface area contributed by atoms with E-state index in [9.17, 15) is 5.11 Å². The lowest BCUT2D eigenvalue weighted by Gasteiger charge is -2.10. The van der Waals surface area contributed by atoms with Gasteiger partial charge in [-0.15, -0.1) is 0 Å². The number of thiocarbonyl (C=S) groups is 1. The van der Waals surface area contributed by atoms with Gasteiger partial charge in [0.05, 0.1) is 12.8 Å². The van der Waals surface area contributed by atoms with Gasteiger partial charge in [-0.25, -0.2) is 0 Å². The molecule has 0 saturated heterocycles. The van der Waals surface area contributed by atoms with Gasteiger partial charge in [0.15, 0.2) is 5.11 Å². The molecule has 132 valence electrons. The second kappa shape index (κ2) is 9.03. The van der Waals surface area contributed by atoms with E-state index >= 15 is 0 Å². The molecule has 5 nitrogen and oxygen atoms in total. The fourth-order valence-electron chi connectivity index (χ4n) is 2.21. The molecule has 0 atom stereocenters. The van der Waals surface area contributed by atoms with Crippen molar-refractivity contribution in [2.45, 2.75) is 27.2 Å². The number of aromatic hydroxyl groups is 1. The van der Waals surface area contributed by atoms with Gasteiger partial charge >= 0.3 is 0 Å². The van der Waals surface area contributed by atoms with Crippen molar-refractivity contribution in [1.82, 2.24) is 5.43 Å². The van der Waals surface area contributed by atoms with Gasteiger partial charge in [0.2, 0.25) is 0 Å². The van der Waals surface area contributed by atoms with E-state index in [1.165, 1.54) is 11.8 Å². The average molecular weight is 357 g/mol. The van der Waals surface area contributed by atoms with Crippen LogP contribution in [-0.2, 0) is 0 Å². The van der Waals surface area contributed by atoms with Crippen LogP contribution in [0.3, 0.4) is 0 Å². The minimum absolute atomic E-state index is 0.104. The van der Waals surface area contributed by atoms with Crippen molar-refractivity contribution < 1.29 is 9.84 Å². The van der Waals surface area contributed by atoms with E-state index in [4.69, 9.17) is 17.0 Å². The van der Waals surface area contributed by atoms with Gasteiger partial charge in [-0.2, -0.15) is 5.10 Å². The highest BCUT2D eigenvalue weighted by Crippen LogP contribution is 2.22. The molecule has 0 radical (unpaired) electrons. The van der Waals surface area contributed by atoms with E-state index in [2.05, 4.69) is 21.9 Å². The fourth-order valence-corrected chi connectivity index (χ4v) is 2.37. The van der Waals surface area contributed by atoms with Gasteiger partial charge in [0.1, 0.15) is 11.5 Å². The summed E-state index contributed by atoms with van der Waals surface area (Å²) in [6, 6.07) is 11.2. The molecule has 0 spiro atoms. The number of aryl methyl sites for hydroxylation is 2. The van der Waals surface area contributed by atoms with Crippen LogP contribution in [0.1, 0.15) is 30.0 Å². The fraction of sp³-hybridized carbons (Fsp3) is 0.263. The SMILES string of the molecule is CCCOc1ccc(C=NNC(=S)Nc2ccc(C)cc2C)c(O)c1. The Morgan fingerprint density at radius 3 is 2.72 bits per heavy atom. The Hall–Kier alpha value is -2.60. The van der Waals surface area contributed by atoms with Crippen molar-refractivity contribution in [3.05, 3.63) is 53.1 Å². The van der Waals surface area contributed by atoms with E-state index in [1.807, 2.05) is 32.9 Å². The van der Waals surface area contributed by atoms with Crippen LogP contribution in [-0.4, -0.2) is 23.0 Å². The van der Waals surface area contributed by atoms with E-state index < -0.39 is 0 Å². The lowest BCUT2D eigenvalue weighted by molar-refractivity contribution is 0.315. The first-order valence-electron chi connectivity index (χ1n) is 8.12. The van der Waals surface area contributed by atoms with Crippen molar-refractivity contribution in [3.8, 4) is 11.5 Å². The first-order valence-corrected chi connectivity index (χ1v) is 8.53. The summed E-state index contributed by atoms with van der Waals surface area (Å²) in [5.41, 5.74) is 6.55. The first-order chi connectivity index (χ1) is 12.0. The predicted molar refractivity (Wildman–Crippen MR) is 107 cm³/mol. The van der Waals surface area contributed by atoms with Gasteiger partial charge in [-0.3, -0.25) is 5.43 Å². The molecule has 6 heteroatoms. The summed E-state index contributed by atoms with van der Waals surface area (Å²) in [7, 11) is 0. The number of hydrogen-bond acceptors (Lipinski definition) is 4. The molecule has 2 aromatic rings. The summed E-state index contributed by atoms with van der Waals surface area (Å²) in [6.45, 7) is 6.71. The number of benzene rings is 2. The van der Waals surface area contributed by atoms with Crippen LogP contribution in [0.15, 0.2) is 41.5 Å². The zero-order valence-corrected chi connectivity index (χ0v) is 15.5. The van der Waals surface area contributed by atoms with Crippen LogP contribution in [0.5, 0.6) is 11.5 Å². The Morgan fingerprint density at radius 1 is 1.24 bits per heavy atom. The molecule has 0 saturated carbocycles. The summed E-state index contributed by atoms with van der Waals surface area (Å²) in [6.07, 6.45) is 2.42. The number of ether oxygens (including phenoxy) is 1. The molecule has 0 aliphatic rings. The number of hydrazone groups is 1. The van der Waals surface area contributed by atoms with Gasteiger partial charge in [-0.1, -0.05) is 24.6 Å². The van der Waals surface area contributed by atoms with Crippen LogP contribution in [0, 0.1) is 13.8 Å². The summed E-state index contributed by atoms with van der Waals surface area (Å²) >= 11 is 5.23. The highest BCUT2D eigenvalue weighted by Gasteiger charge is 2.03. The molecule has 0 heterocycles. The van der Waals surface area contributed by atoms with E-state index in [0.29, 0.717) is 23.0 Å². The number of rotatable bonds is 6. The van der Waals surface area contributed by atoms with Gasteiger partial charge in [0, 0.05) is 17.3 Å². The second-order valence-electron chi connectivity index (χ2n) is 5.71. The quantitative estimate of drug-likeness (QED) is 0.412. The molecule has 0 bridgehead atoms. The van der Waals surface area contributed by atoms with E-state index in [0.717, 1.165) is 17.7 Å². The minimum Gasteiger partial charge on any atom is -0.507 e. The molecule has 0 aromatic heterocycles. The third-order valence-electron chi connectivity index (χ3n) is 3.47. The third kappa shape index (κ3) is 5.76. The van der Waals surface area contributed by atoms with Gasteiger partial charge < -0.3 is 15.2 Å². The molecular weight excluding hydrogens is 334 g/mol. The zero-order valence-electron chi connectivity index (χ0n) is 14.7. The Balaban J connectivity index is 1.92. The highest BCUT2D eigenvalue weighted by atomic mass is 32.1. The Labute approximate surface area is 153 Å². The first kappa shape index (κ1) is 18.7. The average Bonchev–Trinajstić information content (AvgIpc) is 2.57. The number of hydrogen-bond donors (Lipinski definition) is 3. The Bertz CT molecular complexity index is 775. The molecule has 2 rings (SSSR count). The summed E-state index contributed by atoms with van der Waals surface area (Å²) in [5.74, 6) is 0.740.